The number of carbonyl (C=O) groups is 2. The number of benzene rings is 3. The third-order valence-electron chi connectivity index (χ3n) is 6.31. The number of para-hydroxylation sites is 1. The van der Waals surface area contributed by atoms with Gasteiger partial charge in [-0.15, -0.1) is 0 Å². The fourth-order valence-electron chi connectivity index (χ4n) is 4.53. The molecule has 0 saturated carbocycles. The molecule has 0 bridgehead atoms. The first-order valence-electron chi connectivity index (χ1n) is 11.4. The van der Waals surface area contributed by atoms with Gasteiger partial charge in [0, 0.05) is 29.2 Å². The summed E-state index contributed by atoms with van der Waals surface area (Å²) in [6.45, 7) is 5.05. The van der Waals surface area contributed by atoms with Crippen molar-refractivity contribution in [2.24, 2.45) is 0 Å². The van der Waals surface area contributed by atoms with E-state index in [0.717, 1.165) is 23.4 Å². The van der Waals surface area contributed by atoms with Crippen LogP contribution in [0.15, 0.2) is 78.9 Å². The average Bonchev–Trinajstić information content (AvgIpc) is 3.40. The van der Waals surface area contributed by atoms with Gasteiger partial charge in [0.1, 0.15) is 0 Å². The van der Waals surface area contributed by atoms with Crippen LogP contribution in [0.3, 0.4) is 0 Å². The third-order valence-corrected chi connectivity index (χ3v) is 6.31. The van der Waals surface area contributed by atoms with Gasteiger partial charge in [-0.25, -0.2) is 0 Å². The predicted molar refractivity (Wildman–Crippen MR) is 133 cm³/mol. The van der Waals surface area contributed by atoms with E-state index in [1.165, 1.54) is 5.56 Å². The molecule has 2 amide bonds. The summed E-state index contributed by atoms with van der Waals surface area (Å²) in [5.41, 5.74) is 6.60. The van der Waals surface area contributed by atoms with E-state index in [1.807, 2.05) is 72.0 Å². The van der Waals surface area contributed by atoms with Crippen molar-refractivity contribution < 1.29 is 9.59 Å². The quantitative estimate of drug-likeness (QED) is 0.465. The number of nitrogens with one attached hydrogen (secondary N) is 1. The van der Waals surface area contributed by atoms with E-state index in [1.54, 1.807) is 24.3 Å². The van der Waals surface area contributed by atoms with Crippen molar-refractivity contribution >= 4 is 23.2 Å². The van der Waals surface area contributed by atoms with Crippen LogP contribution in [-0.4, -0.2) is 28.1 Å². The lowest BCUT2D eigenvalue weighted by Crippen LogP contribution is -2.28. The molecule has 6 nitrogen and oxygen atoms in total. The second-order valence-electron chi connectivity index (χ2n) is 8.56. The summed E-state index contributed by atoms with van der Waals surface area (Å²) in [4.78, 5) is 27.9. The zero-order valence-corrected chi connectivity index (χ0v) is 19.3. The van der Waals surface area contributed by atoms with Crippen molar-refractivity contribution in [3.05, 3.63) is 113 Å². The maximum absolute atomic E-state index is 13.0. The molecule has 1 N–H and O–H groups in total. The number of hydrogen-bond donors (Lipinski definition) is 1. The molecule has 0 unspecified atom stereocenters. The number of rotatable bonds is 5. The van der Waals surface area contributed by atoms with E-state index in [0.29, 0.717) is 35.6 Å². The van der Waals surface area contributed by atoms with Crippen LogP contribution in [0, 0.1) is 13.8 Å². The molecule has 6 heteroatoms. The van der Waals surface area contributed by atoms with E-state index >= 15 is 0 Å². The summed E-state index contributed by atoms with van der Waals surface area (Å²) < 4.78 is 1.86. The lowest BCUT2D eigenvalue weighted by atomic mass is 10.1. The Morgan fingerprint density at radius 2 is 1.62 bits per heavy atom. The molecule has 0 spiro atoms. The lowest BCUT2D eigenvalue weighted by Gasteiger charge is -2.17. The number of nitrogens with zero attached hydrogens (tertiary/aromatic N) is 3. The summed E-state index contributed by atoms with van der Waals surface area (Å²) in [6.07, 6.45) is 0.868. The maximum atomic E-state index is 13.0. The highest BCUT2D eigenvalue weighted by molar-refractivity contribution is 6.08. The monoisotopic (exact) mass is 450 g/mol. The minimum absolute atomic E-state index is 0.0308. The van der Waals surface area contributed by atoms with Crippen LogP contribution in [-0.2, 0) is 13.0 Å². The minimum atomic E-state index is -0.207. The Labute approximate surface area is 198 Å². The van der Waals surface area contributed by atoms with Crippen molar-refractivity contribution in [3.8, 4) is 0 Å². The maximum Gasteiger partial charge on any atom is 0.259 e. The minimum Gasteiger partial charge on any atom is -0.322 e. The van der Waals surface area contributed by atoms with Crippen LogP contribution in [0.25, 0.3) is 0 Å². The van der Waals surface area contributed by atoms with Crippen LogP contribution in [0.2, 0.25) is 0 Å². The van der Waals surface area contributed by atoms with Crippen LogP contribution < -0.4 is 10.2 Å². The van der Waals surface area contributed by atoms with Gasteiger partial charge in [0.25, 0.3) is 11.8 Å². The first kappa shape index (κ1) is 21.6. The molecule has 1 aliphatic rings. The van der Waals surface area contributed by atoms with Crippen LogP contribution >= 0.6 is 0 Å². The molecule has 1 aliphatic heterocycles. The summed E-state index contributed by atoms with van der Waals surface area (Å²) in [7, 11) is 0. The van der Waals surface area contributed by atoms with Gasteiger partial charge in [-0.3, -0.25) is 14.3 Å². The second kappa shape index (κ2) is 8.98. The molecule has 34 heavy (non-hydrogen) atoms. The van der Waals surface area contributed by atoms with Gasteiger partial charge in [0.15, 0.2) is 0 Å². The molecule has 0 atom stereocenters. The largest absolute Gasteiger partial charge is 0.322 e. The highest BCUT2D eigenvalue weighted by Crippen LogP contribution is 2.29. The third kappa shape index (κ3) is 4.10. The Morgan fingerprint density at radius 1 is 0.912 bits per heavy atom. The molecule has 0 fully saturated rings. The molecule has 2 heterocycles. The lowest BCUT2D eigenvalue weighted by molar-refractivity contribution is 0.0988. The molecule has 5 rings (SSSR count). The molecule has 0 saturated heterocycles. The van der Waals surface area contributed by atoms with E-state index < -0.39 is 0 Å². The molecular weight excluding hydrogens is 424 g/mol. The van der Waals surface area contributed by atoms with Gasteiger partial charge in [0.05, 0.1) is 17.8 Å². The van der Waals surface area contributed by atoms with E-state index in [9.17, 15) is 9.59 Å². The fourth-order valence-corrected chi connectivity index (χ4v) is 4.53. The SMILES string of the molecule is Cc1nn(Cc2ccccc2)c(C)c1C(=O)Nc1ccc(C(=O)N2CCc3ccccc32)cc1. The van der Waals surface area contributed by atoms with E-state index in [-0.39, 0.29) is 11.8 Å². The van der Waals surface area contributed by atoms with Crippen LogP contribution in [0.1, 0.15) is 43.2 Å². The van der Waals surface area contributed by atoms with Crippen LogP contribution in [0.5, 0.6) is 0 Å². The number of aryl methyl sites for hydroxylation is 1. The smallest absolute Gasteiger partial charge is 0.259 e. The van der Waals surface area contributed by atoms with Gasteiger partial charge in [0.2, 0.25) is 0 Å². The highest BCUT2D eigenvalue weighted by Gasteiger charge is 2.25. The van der Waals surface area contributed by atoms with Crippen molar-refractivity contribution in [2.75, 3.05) is 16.8 Å². The van der Waals surface area contributed by atoms with E-state index in [2.05, 4.69) is 16.5 Å². The average molecular weight is 451 g/mol. The number of anilines is 2. The predicted octanol–water partition coefficient (Wildman–Crippen LogP) is 5.00. The topological polar surface area (TPSA) is 67.2 Å². The van der Waals surface area contributed by atoms with Crippen molar-refractivity contribution in [3.63, 3.8) is 0 Å². The molecule has 3 aromatic carbocycles. The Bertz CT molecular complexity index is 1360. The molecule has 170 valence electrons. The molecule has 0 radical (unpaired) electrons. The Kier molecular flexibility index (Phi) is 5.72. The van der Waals surface area contributed by atoms with Crippen LogP contribution in [0.4, 0.5) is 11.4 Å². The normalized spacial score (nSPS) is 12.5. The first-order chi connectivity index (χ1) is 16.5. The molecule has 1 aromatic heterocycles. The molecule has 0 aliphatic carbocycles. The van der Waals surface area contributed by atoms with Gasteiger partial charge in [-0.1, -0.05) is 48.5 Å². The number of fused-ring (bicyclic) bond motifs is 1. The number of hydrogen-bond acceptors (Lipinski definition) is 3. The zero-order valence-electron chi connectivity index (χ0n) is 19.3. The Balaban J connectivity index is 1.29. The Morgan fingerprint density at radius 3 is 2.38 bits per heavy atom. The van der Waals surface area contributed by atoms with Gasteiger partial charge < -0.3 is 10.2 Å². The van der Waals surface area contributed by atoms with Crippen molar-refractivity contribution in [2.45, 2.75) is 26.8 Å². The fraction of sp³-hybridized carbons (Fsp3) is 0.179. The van der Waals surface area contributed by atoms with Gasteiger partial charge >= 0.3 is 0 Å². The first-order valence-corrected chi connectivity index (χ1v) is 11.4. The Hall–Kier alpha value is -4.19. The molecular formula is C28H26N4O2. The highest BCUT2D eigenvalue weighted by atomic mass is 16.2. The van der Waals surface area contributed by atoms with Crippen molar-refractivity contribution in [1.82, 2.24) is 9.78 Å². The number of amides is 2. The second-order valence-corrected chi connectivity index (χ2v) is 8.56. The summed E-state index contributed by atoms with van der Waals surface area (Å²) in [5.74, 6) is -0.237. The summed E-state index contributed by atoms with van der Waals surface area (Å²) in [6, 6.07) is 25.1. The van der Waals surface area contributed by atoms with Gasteiger partial charge in [-0.2, -0.15) is 5.10 Å². The number of aromatic nitrogens is 2. The summed E-state index contributed by atoms with van der Waals surface area (Å²) in [5, 5.41) is 7.52. The van der Waals surface area contributed by atoms with Gasteiger partial charge in [-0.05, 0) is 61.7 Å². The van der Waals surface area contributed by atoms with Crippen molar-refractivity contribution in [1.29, 1.82) is 0 Å². The standard InChI is InChI=1S/C28H26N4O2/c1-19-26(20(2)32(30-19)18-21-8-4-3-5-9-21)27(33)29-24-14-12-23(13-15-24)28(34)31-17-16-22-10-6-7-11-25(22)31/h3-15H,16-18H2,1-2H3,(H,29,33). The molecule has 4 aromatic rings. The summed E-state index contributed by atoms with van der Waals surface area (Å²) >= 11 is 0. The van der Waals surface area contributed by atoms with E-state index in [4.69, 9.17) is 0 Å². The zero-order chi connectivity index (χ0) is 23.7. The number of carbonyl (C=O) groups excluding carboxylic acids is 2.